The number of carboxylic acids is 1. The van der Waals surface area contributed by atoms with Crippen molar-refractivity contribution in [3.8, 4) is 23.1 Å². The highest BCUT2D eigenvalue weighted by Gasteiger charge is 2.21. The van der Waals surface area contributed by atoms with E-state index in [9.17, 15) is 15.0 Å². The number of nitrogens with one attached hydrogen (secondary N) is 1. The molecule has 4 rings (SSSR count). The van der Waals surface area contributed by atoms with Gasteiger partial charge in [0, 0.05) is 28.6 Å². The van der Waals surface area contributed by atoms with Crippen molar-refractivity contribution < 1.29 is 29.2 Å². The summed E-state index contributed by atoms with van der Waals surface area (Å²) in [5, 5.41) is 20.7. The lowest BCUT2D eigenvalue weighted by atomic mass is 10.00. The molecule has 0 bridgehead atoms. The first-order chi connectivity index (χ1) is 16.0. The van der Waals surface area contributed by atoms with Gasteiger partial charge in [0.15, 0.2) is 17.4 Å². The van der Waals surface area contributed by atoms with Gasteiger partial charge in [-0.1, -0.05) is 36.4 Å². The number of nitrogens with zero attached hydrogens (tertiary/aromatic N) is 1. The van der Waals surface area contributed by atoms with Crippen LogP contribution in [0.15, 0.2) is 65.7 Å². The monoisotopic (exact) mass is 446 g/mol. The summed E-state index contributed by atoms with van der Waals surface area (Å²) in [6, 6.07) is 17.4. The van der Waals surface area contributed by atoms with Crippen molar-refractivity contribution in [2.75, 3.05) is 21.3 Å². The Kier molecular flexibility index (Phi) is 5.91. The van der Waals surface area contributed by atoms with Crippen molar-refractivity contribution >= 4 is 28.3 Å². The number of H-pyrrole nitrogens is 1. The van der Waals surface area contributed by atoms with Gasteiger partial charge in [0.1, 0.15) is 0 Å². The molecule has 33 heavy (non-hydrogen) atoms. The number of hydrogen-bond donors (Lipinski definition) is 3. The van der Waals surface area contributed by atoms with Crippen LogP contribution in [0.4, 0.5) is 5.69 Å². The summed E-state index contributed by atoms with van der Waals surface area (Å²) in [7, 11) is 4.57. The molecule has 0 saturated heterocycles. The van der Waals surface area contributed by atoms with Crippen LogP contribution in [-0.4, -0.2) is 48.2 Å². The van der Waals surface area contributed by atoms with Crippen molar-refractivity contribution in [1.82, 2.24) is 4.98 Å². The molecule has 4 aromatic rings. The number of aromatic hydroxyl groups is 1. The van der Waals surface area contributed by atoms with Gasteiger partial charge in [0.25, 0.3) is 0 Å². The first-order valence-corrected chi connectivity index (χ1v) is 9.99. The number of rotatable bonds is 7. The standard InChI is InChI=1S/C25H22N2O6/c1-31-19-12-16(13-20(32-2)23(19)33-3)26-22(14-7-5-4-6-8-14)21-17-10-9-15(25(29)30)11-18(17)27-24(21)28/h4-13,27-28H,1-3H3,(H,29,30). The summed E-state index contributed by atoms with van der Waals surface area (Å²) in [5.41, 5.74) is 2.79. The summed E-state index contributed by atoms with van der Waals surface area (Å²) in [5.74, 6) is 0.148. The zero-order valence-corrected chi connectivity index (χ0v) is 18.2. The molecule has 0 aliphatic carbocycles. The Morgan fingerprint density at radius 2 is 1.55 bits per heavy atom. The molecule has 0 unspecified atom stereocenters. The van der Waals surface area contributed by atoms with E-state index in [0.717, 1.165) is 5.56 Å². The molecule has 168 valence electrons. The number of carbonyl (C=O) groups is 1. The Balaban J connectivity index is 1.98. The van der Waals surface area contributed by atoms with E-state index < -0.39 is 5.97 Å². The quantitative estimate of drug-likeness (QED) is 0.353. The number of benzene rings is 3. The topological polar surface area (TPSA) is 113 Å². The smallest absolute Gasteiger partial charge is 0.335 e. The van der Waals surface area contributed by atoms with Gasteiger partial charge in [-0.3, -0.25) is 0 Å². The van der Waals surface area contributed by atoms with Gasteiger partial charge in [-0.25, -0.2) is 9.79 Å². The number of aromatic amines is 1. The molecule has 0 fully saturated rings. The van der Waals surface area contributed by atoms with Crippen molar-refractivity contribution in [3.63, 3.8) is 0 Å². The van der Waals surface area contributed by atoms with Gasteiger partial charge in [0.2, 0.25) is 5.75 Å². The van der Waals surface area contributed by atoms with Gasteiger partial charge in [0.05, 0.1) is 43.9 Å². The maximum atomic E-state index is 11.4. The molecular formula is C25H22N2O6. The minimum absolute atomic E-state index is 0.109. The maximum Gasteiger partial charge on any atom is 0.335 e. The number of aliphatic imine (C=N–C) groups is 1. The van der Waals surface area contributed by atoms with E-state index in [-0.39, 0.29) is 11.4 Å². The van der Waals surface area contributed by atoms with Crippen LogP contribution in [0.1, 0.15) is 21.5 Å². The molecule has 0 radical (unpaired) electrons. The molecule has 8 heteroatoms. The fraction of sp³-hybridized carbons (Fsp3) is 0.120. The normalized spacial score (nSPS) is 11.4. The maximum absolute atomic E-state index is 11.4. The molecule has 8 nitrogen and oxygen atoms in total. The molecule has 0 aliphatic heterocycles. The van der Waals surface area contributed by atoms with E-state index in [1.165, 1.54) is 33.5 Å². The van der Waals surface area contributed by atoms with Gasteiger partial charge in [-0.05, 0) is 12.1 Å². The van der Waals surface area contributed by atoms with E-state index in [0.29, 0.717) is 45.1 Å². The number of aromatic nitrogens is 1. The van der Waals surface area contributed by atoms with Gasteiger partial charge < -0.3 is 29.4 Å². The van der Waals surface area contributed by atoms with Crippen LogP contribution >= 0.6 is 0 Å². The predicted molar refractivity (Wildman–Crippen MR) is 125 cm³/mol. The van der Waals surface area contributed by atoms with Gasteiger partial charge >= 0.3 is 5.97 Å². The molecule has 0 amide bonds. The summed E-state index contributed by atoms with van der Waals surface area (Å²) in [6.45, 7) is 0. The van der Waals surface area contributed by atoms with Crippen LogP contribution in [-0.2, 0) is 0 Å². The largest absolute Gasteiger partial charge is 0.494 e. The van der Waals surface area contributed by atoms with Crippen LogP contribution in [0.25, 0.3) is 10.9 Å². The van der Waals surface area contributed by atoms with Crippen LogP contribution in [0.3, 0.4) is 0 Å². The van der Waals surface area contributed by atoms with E-state index in [1.54, 1.807) is 18.2 Å². The van der Waals surface area contributed by atoms with Crippen molar-refractivity contribution in [3.05, 3.63) is 77.4 Å². The first-order valence-electron chi connectivity index (χ1n) is 9.99. The highest BCUT2D eigenvalue weighted by atomic mass is 16.5. The molecule has 3 aromatic carbocycles. The Bertz CT molecular complexity index is 1330. The van der Waals surface area contributed by atoms with Crippen molar-refractivity contribution in [2.45, 2.75) is 0 Å². The van der Waals surface area contributed by atoms with Crippen LogP contribution in [0.5, 0.6) is 23.1 Å². The Morgan fingerprint density at radius 3 is 2.12 bits per heavy atom. The molecule has 1 heterocycles. The second-order valence-electron chi connectivity index (χ2n) is 7.12. The average molecular weight is 446 g/mol. The van der Waals surface area contributed by atoms with Crippen LogP contribution < -0.4 is 14.2 Å². The summed E-state index contributed by atoms with van der Waals surface area (Å²) < 4.78 is 16.3. The lowest BCUT2D eigenvalue weighted by Crippen LogP contribution is -2.03. The Labute approximate surface area is 189 Å². The van der Waals surface area contributed by atoms with Crippen molar-refractivity contribution in [2.24, 2.45) is 4.99 Å². The first kappa shape index (κ1) is 21.8. The molecular weight excluding hydrogens is 424 g/mol. The summed E-state index contributed by atoms with van der Waals surface area (Å²) in [6.07, 6.45) is 0. The second-order valence-corrected chi connectivity index (χ2v) is 7.12. The van der Waals surface area contributed by atoms with E-state index in [4.69, 9.17) is 19.2 Å². The zero-order valence-electron chi connectivity index (χ0n) is 18.2. The Hall–Kier alpha value is -4.46. The third-order valence-electron chi connectivity index (χ3n) is 5.20. The molecule has 0 atom stereocenters. The number of fused-ring (bicyclic) bond motifs is 1. The average Bonchev–Trinajstić information content (AvgIpc) is 3.16. The van der Waals surface area contributed by atoms with E-state index in [1.807, 2.05) is 30.3 Å². The highest BCUT2D eigenvalue weighted by Crippen LogP contribution is 2.41. The number of ether oxygens (including phenoxy) is 3. The number of hydrogen-bond acceptors (Lipinski definition) is 6. The molecule has 0 spiro atoms. The SMILES string of the molecule is COc1cc(N=C(c2ccccc2)c2c(O)[nH]c3cc(C(=O)O)ccc23)cc(OC)c1OC. The zero-order chi connectivity index (χ0) is 23.5. The molecule has 0 aliphatic rings. The van der Waals surface area contributed by atoms with E-state index in [2.05, 4.69) is 4.98 Å². The van der Waals surface area contributed by atoms with Crippen LogP contribution in [0.2, 0.25) is 0 Å². The fourth-order valence-corrected chi connectivity index (χ4v) is 3.68. The Morgan fingerprint density at radius 1 is 0.879 bits per heavy atom. The van der Waals surface area contributed by atoms with Crippen molar-refractivity contribution in [1.29, 1.82) is 0 Å². The number of carboxylic acid groups (broad SMARTS) is 1. The van der Waals surface area contributed by atoms with Gasteiger partial charge in [-0.2, -0.15) is 0 Å². The van der Waals surface area contributed by atoms with Gasteiger partial charge in [-0.15, -0.1) is 0 Å². The highest BCUT2D eigenvalue weighted by molar-refractivity contribution is 6.22. The number of aromatic carboxylic acids is 1. The molecule has 0 saturated carbocycles. The van der Waals surface area contributed by atoms with E-state index >= 15 is 0 Å². The second kappa shape index (κ2) is 8.96. The summed E-state index contributed by atoms with van der Waals surface area (Å²) >= 11 is 0. The lowest BCUT2D eigenvalue weighted by molar-refractivity contribution is 0.0697. The fourth-order valence-electron chi connectivity index (χ4n) is 3.68. The van der Waals surface area contributed by atoms with Crippen LogP contribution in [0, 0.1) is 0 Å². The molecule has 1 aromatic heterocycles. The predicted octanol–water partition coefficient (Wildman–Crippen LogP) is 4.77. The summed E-state index contributed by atoms with van der Waals surface area (Å²) in [4.78, 5) is 19.1. The minimum Gasteiger partial charge on any atom is -0.494 e. The number of methoxy groups -OCH3 is 3. The third-order valence-corrected chi connectivity index (χ3v) is 5.20. The third kappa shape index (κ3) is 4.06. The lowest BCUT2D eigenvalue weighted by Gasteiger charge is -2.14. The minimum atomic E-state index is -1.05. The molecule has 3 N–H and O–H groups in total.